The van der Waals surface area contributed by atoms with E-state index in [2.05, 4.69) is 20.3 Å². The highest BCUT2D eigenvalue weighted by atomic mass is 16.5. The Bertz CT molecular complexity index is 574. The van der Waals surface area contributed by atoms with Crippen molar-refractivity contribution < 1.29 is 4.74 Å². The summed E-state index contributed by atoms with van der Waals surface area (Å²) in [5.74, 6) is 1.46. The summed E-state index contributed by atoms with van der Waals surface area (Å²) in [7, 11) is 5.59. The molecule has 6 heteroatoms. The Balaban J connectivity index is 2.23. The summed E-state index contributed by atoms with van der Waals surface area (Å²) >= 11 is 0. The van der Waals surface area contributed by atoms with Crippen molar-refractivity contribution >= 4 is 11.8 Å². The average molecular weight is 287 g/mol. The average Bonchev–Trinajstić information content (AvgIpc) is 2.49. The van der Waals surface area contributed by atoms with Gasteiger partial charge in [0.05, 0.1) is 18.3 Å². The van der Waals surface area contributed by atoms with E-state index in [4.69, 9.17) is 4.74 Å². The van der Waals surface area contributed by atoms with Gasteiger partial charge < -0.3 is 15.0 Å². The van der Waals surface area contributed by atoms with Crippen LogP contribution in [0.2, 0.25) is 0 Å². The molecule has 0 bridgehead atoms. The number of rotatable bonds is 6. The quantitative estimate of drug-likeness (QED) is 0.877. The van der Waals surface area contributed by atoms with Crippen molar-refractivity contribution in [2.45, 2.75) is 13.0 Å². The molecule has 2 aromatic rings. The van der Waals surface area contributed by atoms with Gasteiger partial charge in [-0.2, -0.15) is 4.98 Å². The van der Waals surface area contributed by atoms with E-state index in [1.807, 2.05) is 50.3 Å². The molecule has 0 aliphatic rings. The standard InChI is InChI=1S/C15H21N5O/c1-11-9-17-15(19-14(11)20(2)3)18-13(10-21-4)12-7-5-6-8-16-12/h5-9,13H,10H2,1-4H3,(H,17,18,19). The lowest BCUT2D eigenvalue weighted by Gasteiger charge is -2.19. The van der Waals surface area contributed by atoms with Crippen molar-refractivity contribution in [2.24, 2.45) is 0 Å². The molecule has 112 valence electrons. The number of hydrogen-bond donors (Lipinski definition) is 1. The van der Waals surface area contributed by atoms with E-state index in [-0.39, 0.29) is 6.04 Å². The first kappa shape index (κ1) is 15.2. The molecule has 0 aromatic carbocycles. The molecular weight excluding hydrogens is 266 g/mol. The van der Waals surface area contributed by atoms with Crippen LogP contribution in [0.5, 0.6) is 0 Å². The van der Waals surface area contributed by atoms with E-state index in [1.54, 1.807) is 13.3 Å². The van der Waals surface area contributed by atoms with Crippen LogP contribution in [-0.2, 0) is 4.74 Å². The fraction of sp³-hybridized carbons (Fsp3) is 0.400. The predicted octanol–water partition coefficient (Wildman–Crippen LogP) is 2.05. The molecule has 21 heavy (non-hydrogen) atoms. The molecule has 0 radical (unpaired) electrons. The van der Waals surface area contributed by atoms with E-state index in [0.717, 1.165) is 17.1 Å². The number of aryl methyl sites for hydroxylation is 1. The van der Waals surface area contributed by atoms with E-state index in [9.17, 15) is 0 Å². The minimum absolute atomic E-state index is 0.0890. The molecule has 1 N–H and O–H groups in total. The number of hydrogen-bond acceptors (Lipinski definition) is 6. The third kappa shape index (κ3) is 3.88. The van der Waals surface area contributed by atoms with Gasteiger partial charge >= 0.3 is 0 Å². The van der Waals surface area contributed by atoms with Crippen LogP contribution in [0.4, 0.5) is 11.8 Å². The molecule has 0 saturated heterocycles. The topological polar surface area (TPSA) is 63.2 Å². The molecule has 0 amide bonds. The minimum Gasteiger partial charge on any atom is -0.382 e. The summed E-state index contributed by atoms with van der Waals surface area (Å²) < 4.78 is 5.26. The van der Waals surface area contributed by atoms with Crippen LogP contribution >= 0.6 is 0 Å². The second-order valence-electron chi connectivity index (χ2n) is 5.00. The molecule has 0 aliphatic carbocycles. The highest BCUT2D eigenvalue weighted by Crippen LogP contribution is 2.19. The maximum absolute atomic E-state index is 5.26. The molecule has 0 aliphatic heterocycles. The van der Waals surface area contributed by atoms with Gasteiger partial charge in [-0.1, -0.05) is 6.07 Å². The molecule has 0 fully saturated rings. The van der Waals surface area contributed by atoms with Crippen molar-refractivity contribution in [3.8, 4) is 0 Å². The van der Waals surface area contributed by atoms with E-state index in [0.29, 0.717) is 12.6 Å². The molecule has 0 saturated carbocycles. The first-order valence-electron chi connectivity index (χ1n) is 6.79. The van der Waals surface area contributed by atoms with Crippen molar-refractivity contribution in [3.05, 3.63) is 41.9 Å². The zero-order valence-corrected chi connectivity index (χ0v) is 12.9. The van der Waals surface area contributed by atoms with Crippen LogP contribution in [0.3, 0.4) is 0 Å². The summed E-state index contributed by atoms with van der Waals surface area (Å²) in [6.45, 7) is 2.48. The van der Waals surface area contributed by atoms with Crippen molar-refractivity contribution in [2.75, 3.05) is 38.0 Å². The molecule has 1 atom stereocenters. The summed E-state index contributed by atoms with van der Waals surface area (Å²) in [6, 6.07) is 5.71. The van der Waals surface area contributed by atoms with Gasteiger partial charge in [0, 0.05) is 39.2 Å². The van der Waals surface area contributed by atoms with Gasteiger partial charge in [-0.3, -0.25) is 4.98 Å². The molecular formula is C15H21N5O. The Morgan fingerprint density at radius 1 is 1.29 bits per heavy atom. The summed E-state index contributed by atoms with van der Waals surface area (Å²) in [4.78, 5) is 15.2. The maximum atomic E-state index is 5.26. The molecule has 2 aromatic heterocycles. The normalized spacial score (nSPS) is 12.0. The number of pyridine rings is 1. The largest absolute Gasteiger partial charge is 0.382 e. The number of methoxy groups -OCH3 is 1. The Morgan fingerprint density at radius 3 is 2.71 bits per heavy atom. The van der Waals surface area contributed by atoms with Gasteiger partial charge in [0.25, 0.3) is 0 Å². The number of anilines is 2. The van der Waals surface area contributed by atoms with Gasteiger partial charge in [-0.05, 0) is 19.1 Å². The van der Waals surface area contributed by atoms with Crippen molar-refractivity contribution in [3.63, 3.8) is 0 Å². The summed E-state index contributed by atoms with van der Waals surface area (Å²) in [5.41, 5.74) is 1.93. The Hall–Kier alpha value is -2.21. The summed E-state index contributed by atoms with van der Waals surface area (Å²) in [6.07, 6.45) is 3.58. The second kappa shape index (κ2) is 6.99. The van der Waals surface area contributed by atoms with E-state index in [1.165, 1.54) is 0 Å². The van der Waals surface area contributed by atoms with Crippen LogP contribution in [-0.4, -0.2) is 42.8 Å². The smallest absolute Gasteiger partial charge is 0.225 e. The highest BCUT2D eigenvalue weighted by molar-refractivity contribution is 5.48. The predicted molar refractivity (Wildman–Crippen MR) is 83.6 cm³/mol. The molecule has 1 unspecified atom stereocenters. The van der Waals surface area contributed by atoms with Gasteiger partial charge in [0.2, 0.25) is 5.95 Å². The van der Waals surface area contributed by atoms with Gasteiger partial charge in [0.15, 0.2) is 0 Å². The zero-order valence-electron chi connectivity index (χ0n) is 12.9. The first-order chi connectivity index (χ1) is 10.1. The lowest BCUT2D eigenvalue weighted by atomic mass is 10.2. The summed E-state index contributed by atoms with van der Waals surface area (Å²) in [5, 5.41) is 3.28. The van der Waals surface area contributed by atoms with Gasteiger partial charge in [0.1, 0.15) is 5.82 Å². The fourth-order valence-electron chi connectivity index (χ4n) is 2.06. The lowest BCUT2D eigenvalue weighted by molar-refractivity contribution is 0.185. The van der Waals surface area contributed by atoms with Crippen molar-refractivity contribution in [1.29, 1.82) is 0 Å². The number of nitrogens with one attached hydrogen (secondary N) is 1. The Morgan fingerprint density at radius 2 is 2.10 bits per heavy atom. The first-order valence-corrected chi connectivity index (χ1v) is 6.79. The lowest BCUT2D eigenvalue weighted by Crippen LogP contribution is -2.20. The maximum Gasteiger partial charge on any atom is 0.225 e. The Labute approximate surface area is 125 Å². The monoisotopic (exact) mass is 287 g/mol. The molecule has 6 nitrogen and oxygen atoms in total. The zero-order chi connectivity index (χ0) is 15.2. The van der Waals surface area contributed by atoms with Crippen molar-refractivity contribution in [1.82, 2.24) is 15.0 Å². The van der Waals surface area contributed by atoms with Crippen LogP contribution in [0.15, 0.2) is 30.6 Å². The Kier molecular flexibility index (Phi) is 5.05. The molecule has 2 heterocycles. The number of nitrogens with zero attached hydrogens (tertiary/aromatic N) is 4. The van der Waals surface area contributed by atoms with Crippen LogP contribution < -0.4 is 10.2 Å². The van der Waals surface area contributed by atoms with Crippen LogP contribution in [0.1, 0.15) is 17.3 Å². The molecule has 2 rings (SSSR count). The van der Waals surface area contributed by atoms with Gasteiger partial charge in [-0.15, -0.1) is 0 Å². The highest BCUT2D eigenvalue weighted by Gasteiger charge is 2.15. The third-order valence-corrected chi connectivity index (χ3v) is 3.05. The third-order valence-electron chi connectivity index (χ3n) is 3.05. The van der Waals surface area contributed by atoms with E-state index >= 15 is 0 Å². The fourth-order valence-corrected chi connectivity index (χ4v) is 2.06. The van der Waals surface area contributed by atoms with Gasteiger partial charge in [-0.25, -0.2) is 4.98 Å². The molecule has 0 spiro atoms. The number of aromatic nitrogens is 3. The minimum atomic E-state index is -0.0890. The van der Waals surface area contributed by atoms with Crippen LogP contribution in [0.25, 0.3) is 0 Å². The SMILES string of the molecule is COCC(Nc1ncc(C)c(N(C)C)n1)c1ccccn1. The number of ether oxygens (including phenoxy) is 1. The second-order valence-corrected chi connectivity index (χ2v) is 5.00. The van der Waals surface area contributed by atoms with E-state index < -0.39 is 0 Å². The van der Waals surface area contributed by atoms with Crippen LogP contribution in [0, 0.1) is 6.92 Å².